The number of aliphatic hydroxyl groups excluding tert-OH is 3. The van der Waals surface area contributed by atoms with E-state index in [1.807, 2.05) is 13.8 Å². The van der Waals surface area contributed by atoms with Crippen molar-refractivity contribution in [2.45, 2.75) is 72.5 Å². The number of primary amides is 2. The normalized spacial score (nSPS) is 13.3. The number of ether oxygens (including phenoxy) is 2. The lowest BCUT2D eigenvalue weighted by Crippen LogP contribution is -2.40. The lowest BCUT2D eigenvalue weighted by molar-refractivity contribution is -0.000241. The molecule has 2 atom stereocenters. The molecule has 0 aliphatic rings. The molecule has 0 bridgehead atoms. The van der Waals surface area contributed by atoms with Crippen molar-refractivity contribution in [1.82, 2.24) is 37.8 Å². The molecule has 2 aromatic carbocycles. The van der Waals surface area contributed by atoms with Gasteiger partial charge in [0.1, 0.15) is 33.9 Å². The number of hydrogen-bond donors (Lipinski definition) is 5. The maximum Gasteiger partial charge on any atom is 0.298 e. The quantitative estimate of drug-likeness (QED) is 0.0821. The molecule has 7 N–H and O–H groups in total. The summed E-state index contributed by atoms with van der Waals surface area (Å²) >= 11 is 0. The first-order valence-electron chi connectivity index (χ1n) is 19.5. The third-order valence-electron chi connectivity index (χ3n) is 10.2. The third kappa shape index (κ3) is 8.47. The molecule has 0 fully saturated rings. The van der Waals surface area contributed by atoms with E-state index in [1.54, 1.807) is 40.1 Å². The van der Waals surface area contributed by atoms with Gasteiger partial charge in [-0.3, -0.25) is 28.5 Å². The molecule has 0 radical (unpaired) electrons. The molecule has 0 unspecified atom stereocenters. The van der Waals surface area contributed by atoms with Crippen LogP contribution in [0.1, 0.15) is 73.3 Å². The van der Waals surface area contributed by atoms with E-state index in [1.165, 1.54) is 59.0 Å². The first-order valence-corrected chi connectivity index (χ1v) is 19.5. The van der Waals surface area contributed by atoms with Crippen LogP contribution < -0.4 is 32.2 Å². The second kappa shape index (κ2) is 17.8. The van der Waals surface area contributed by atoms with Gasteiger partial charge in [-0.2, -0.15) is 20.2 Å². The first-order chi connectivity index (χ1) is 29.0. The van der Waals surface area contributed by atoms with Crippen LogP contribution in [0, 0.1) is 13.8 Å². The largest absolute Gasteiger partial charge is 0.494 e. The monoisotopic (exact) mass is 842 g/mol. The molecule has 4 amide bonds. The van der Waals surface area contributed by atoms with E-state index < -0.39 is 42.4 Å². The molecule has 21 heteroatoms. The molecule has 0 saturated heterocycles. The van der Waals surface area contributed by atoms with Crippen molar-refractivity contribution in [3.63, 3.8) is 0 Å². The average Bonchev–Trinajstić information content (AvgIpc) is 3.95. The number of amides is 4. The smallest absolute Gasteiger partial charge is 0.298 e. The molecule has 0 aliphatic carbocycles. The lowest BCUT2D eigenvalue weighted by atomic mass is 10.1. The van der Waals surface area contributed by atoms with Crippen molar-refractivity contribution >= 4 is 45.7 Å². The number of nitrogens with two attached hydrogens (primary N) is 2. The number of rotatable bonds is 16. The number of hydrogen-bond acceptors (Lipinski definition) is 11. The molecule has 4 heterocycles. The van der Waals surface area contributed by atoms with Crippen molar-refractivity contribution in [2.24, 2.45) is 35.5 Å². The highest BCUT2D eigenvalue weighted by molar-refractivity contribution is 6.00. The zero-order chi connectivity index (χ0) is 44.4. The van der Waals surface area contributed by atoms with Crippen molar-refractivity contribution in [2.75, 3.05) is 20.3 Å². The predicted molar refractivity (Wildman–Crippen MR) is 220 cm³/mol. The number of aliphatic hydroxyl groups is 3. The topological polar surface area (TPSA) is 280 Å². The van der Waals surface area contributed by atoms with Gasteiger partial charge >= 0.3 is 0 Å². The van der Waals surface area contributed by atoms with E-state index in [4.69, 9.17) is 20.9 Å². The minimum absolute atomic E-state index is 0.0176. The molecule has 61 heavy (non-hydrogen) atoms. The van der Waals surface area contributed by atoms with Crippen molar-refractivity contribution in [1.29, 1.82) is 0 Å². The summed E-state index contributed by atoms with van der Waals surface area (Å²) in [6, 6.07) is 9.04. The molecule has 4 aromatic heterocycles. The summed E-state index contributed by atoms with van der Waals surface area (Å²) in [5.41, 5.74) is 14.6. The van der Waals surface area contributed by atoms with Gasteiger partial charge in [0.05, 0.1) is 61.4 Å². The number of fused-ring (bicyclic) bond motifs is 2. The Balaban J connectivity index is 1.53. The van der Waals surface area contributed by atoms with E-state index >= 15 is 0 Å². The number of carbonyl (C=O) groups is 4. The third-order valence-corrected chi connectivity index (χ3v) is 10.2. The highest BCUT2D eigenvalue weighted by atomic mass is 16.5. The summed E-state index contributed by atoms with van der Waals surface area (Å²) in [4.78, 5) is 61.4. The minimum Gasteiger partial charge on any atom is -0.494 e. The first kappa shape index (κ1) is 43.7. The van der Waals surface area contributed by atoms with Gasteiger partial charge in [-0.05, 0) is 64.1 Å². The number of benzene rings is 2. The second-order valence-electron chi connectivity index (χ2n) is 14.4. The van der Waals surface area contributed by atoms with Gasteiger partial charge in [0.25, 0.3) is 11.8 Å². The lowest BCUT2D eigenvalue weighted by Gasteiger charge is -2.21. The number of imidazole rings is 2. The Morgan fingerprint density at radius 1 is 0.721 bits per heavy atom. The summed E-state index contributed by atoms with van der Waals surface area (Å²) in [5, 5.41) is 42.1. The maximum atomic E-state index is 13.9. The fraction of sp³-hybridized carbons (Fsp3) is 0.400. The van der Waals surface area contributed by atoms with E-state index in [9.17, 15) is 34.5 Å². The van der Waals surface area contributed by atoms with Gasteiger partial charge in [-0.1, -0.05) is 0 Å². The average molecular weight is 843 g/mol. The van der Waals surface area contributed by atoms with E-state index in [0.29, 0.717) is 46.5 Å². The van der Waals surface area contributed by atoms with Gasteiger partial charge < -0.3 is 54.5 Å². The van der Waals surface area contributed by atoms with Crippen LogP contribution in [0.4, 0.5) is 0 Å². The molecule has 6 aromatic rings. The molecule has 21 nitrogen and oxygen atoms in total. The Hall–Kier alpha value is -6.84. The summed E-state index contributed by atoms with van der Waals surface area (Å²) in [6.45, 7) is 7.03. The van der Waals surface area contributed by atoms with Crippen LogP contribution in [-0.4, -0.2) is 109 Å². The molecular weight excluding hydrogens is 793 g/mol. The molecule has 6 rings (SSSR count). The molecule has 0 saturated carbocycles. The predicted octanol–water partition coefficient (Wildman–Crippen LogP) is 0.194. The maximum absolute atomic E-state index is 13.9. The number of nitrogens with zero attached hydrogens (tertiary/aromatic N) is 10. The molecule has 324 valence electrons. The Morgan fingerprint density at radius 3 is 1.54 bits per heavy atom. The fourth-order valence-electron chi connectivity index (χ4n) is 7.26. The highest BCUT2D eigenvalue weighted by Crippen LogP contribution is 2.30. The minimum atomic E-state index is -1.62. The number of carbonyl (C=O) groups excluding carboxylic acids is 4. The van der Waals surface area contributed by atoms with Crippen molar-refractivity contribution in [3.05, 3.63) is 81.5 Å². The van der Waals surface area contributed by atoms with Gasteiger partial charge in [0.2, 0.25) is 23.1 Å². The van der Waals surface area contributed by atoms with Crippen LogP contribution in [0.2, 0.25) is 0 Å². The Bertz CT molecular complexity index is 2830. The van der Waals surface area contributed by atoms with Crippen molar-refractivity contribution in [3.8, 4) is 11.5 Å². The molecule has 0 spiro atoms. The van der Waals surface area contributed by atoms with Gasteiger partial charge in [0.15, 0.2) is 0 Å². The van der Waals surface area contributed by atoms with Gasteiger partial charge in [-0.15, -0.1) is 0 Å². The summed E-state index contributed by atoms with van der Waals surface area (Å²) < 4.78 is 20.8. The molecular formula is C40H50N12O9. The van der Waals surface area contributed by atoms with E-state index in [2.05, 4.69) is 20.2 Å². The highest BCUT2D eigenvalue weighted by Gasteiger charge is 2.27. The Morgan fingerprint density at radius 2 is 1.15 bits per heavy atom. The Kier molecular flexibility index (Phi) is 12.8. The van der Waals surface area contributed by atoms with Crippen LogP contribution in [-0.2, 0) is 40.3 Å². The van der Waals surface area contributed by atoms with Crippen LogP contribution in [0.3, 0.4) is 0 Å². The van der Waals surface area contributed by atoms with Gasteiger partial charge in [0, 0.05) is 51.3 Å². The second-order valence-corrected chi connectivity index (χ2v) is 14.4. The SMILES string of the molecule is CCn1nc(C)cc1C(=O)/N=c1\n(C)c2cc(C(N)=O)cc(OC)c2n1C[C@@H](O)[C@H](O)Cn1/c(=N/C(=O)c2cc(C)nn2CC)n(C)c2cc(C(N)=O)cc(OCCCO)c21. The number of methoxy groups -OCH3 is 1. The zero-order valence-corrected chi connectivity index (χ0v) is 35.0. The van der Waals surface area contributed by atoms with E-state index in [-0.39, 0.29) is 71.4 Å². The Labute approximate surface area is 348 Å². The summed E-state index contributed by atoms with van der Waals surface area (Å²) in [5.74, 6) is -2.47. The fourth-order valence-corrected chi connectivity index (χ4v) is 7.26. The van der Waals surface area contributed by atoms with Gasteiger partial charge in [-0.25, -0.2) is 0 Å². The number of aromatic nitrogens is 8. The summed E-state index contributed by atoms with van der Waals surface area (Å²) in [7, 11) is 4.60. The summed E-state index contributed by atoms with van der Waals surface area (Å²) in [6.07, 6.45) is -2.98. The van der Waals surface area contributed by atoms with Crippen LogP contribution in [0.5, 0.6) is 11.5 Å². The number of aryl methyl sites for hydroxylation is 6. The standard InChI is InChI=1S/C40H50N12O9/c1-8-51-27(13-21(3)45-51)37(58)43-39-47(5)25-15-23(35(41)56)17-31(60-7)33(25)49(39)19-29(54)30(55)20-50-34-26(16-24(36(42)57)18-32(34)61-12-10-11-53)48(6)40(50)44-38(59)28-14-22(4)46-52(28)9-2/h13-18,29-30,53-55H,8-12,19-20H2,1-7H3,(H2,41,56)(H2,42,57)/b43-39+,44-40+/t29-,30-/m1/s1. The van der Waals surface area contributed by atoms with E-state index in [0.717, 1.165) is 0 Å². The zero-order valence-electron chi connectivity index (χ0n) is 35.0. The molecule has 0 aliphatic heterocycles. The van der Waals surface area contributed by atoms with Crippen LogP contribution in [0.15, 0.2) is 46.4 Å². The van der Waals surface area contributed by atoms with Crippen LogP contribution in [0.25, 0.3) is 22.1 Å². The van der Waals surface area contributed by atoms with Crippen molar-refractivity contribution < 1.29 is 44.0 Å². The van der Waals surface area contributed by atoms with Crippen LogP contribution >= 0.6 is 0 Å².